The zero-order valence-electron chi connectivity index (χ0n) is 8.99. The summed E-state index contributed by atoms with van der Waals surface area (Å²) < 4.78 is 26.9. The number of benzene rings is 1. The number of hydrogen-bond donors (Lipinski definition) is 0. The van der Waals surface area contributed by atoms with Crippen LogP contribution in [0.1, 0.15) is 15.2 Å². The molecule has 5 heteroatoms. The highest BCUT2D eigenvalue weighted by Crippen LogP contribution is 2.21. The molecule has 2 rings (SSSR count). The standard InChI is InChI=1S/C13H7BrF2OS/c14-8-5-10(18-7-8)2-4-13(17)11-3-1-9(15)6-12(11)16/h1-7H/b4-2+. The fraction of sp³-hybridized carbons (Fsp3) is 0. The first-order chi connectivity index (χ1) is 8.56. The van der Waals surface area contributed by atoms with E-state index in [9.17, 15) is 13.6 Å². The maximum absolute atomic E-state index is 13.3. The fourth-order valence-electron chi connectivity index (χ4n) is 1.35. The third kappa shape index (κ3) is 3.11. The molecule has 92 valence electrons. The van der Waals surface area contributed by atoms with Gasteiger partial charge < -0.3 is 0 Å². The Balaban J connectivity index is 2.19. The molecule has 0 N–H and O–H groups in total. The molecule has 1 nitrogen and oxygen atoms in total. The van der Waals surface area contributed by atoms with Crippen LogP contribution in [-0.4, -0.2) is 5.78 Å². The molecular weight excluding hydrogens is 322 g/mol. The van der Waals surface area contributed by atoms with Gasteiger partial charge in [0.05, 0.1) is 5.56 Å². The third-order valence-electron chi connectivity index (χ3n) is 2.18. The Bertz CT molecular complexity index is 619. The first-order valence-electron chi connectivity index (χ1n) is 4.98. The topological polar surface area (TPSA) is 17.1 Å². The summed E-state index contributed by atoms with van der Waals surface area (Å²) in [4.78, 5) is 12.6. The number of carbonyl (C=O) groups is 1. The molecule has 0 aliphatic carbocycles. The SMILES string of the molecule is O=C(/C=C/c1cc(Br)cs1)c1ccc(F)cc1F. The second-order valence-corrected chi connectivity index (χ2v) is 5.35. The van der Waals surface area contributed by atoms with E-state index in [1.54, 1.807) is 6.08 Å². The van der Waals surface area contributed by atoms with Crippen molar-refractivity contribution in [1.82, 2.24) is 0 Å². The quantitative estimate of drug-likeness (QED) is 0.590. The molecule has 0 atom stereocenters. The summed E-state index contributed by atoms with van der Waals surface area (Å²) in [5, 5.41) is 1.88. The number of halogens is 3. The summed E-state index contributed by atoms with van der Waals surface area (Å²) in [5.74, 6) is -2.04. The highest BCUT2D eigenvalue weighted by molar-refractivity contribution is 9.10. The fourth-order valence-corrected chi connectivity index (χ4v) is 2.69. The summed E-state index contributed by atoms with van der Waals surface area (Å²) in [5.41, 5.74) is -0.136. The van der Waals surface area contributed by atoms with E-state index in [2.05, 4.69) is 15.9 Å². The van der Waals surface area contributed by atoms with E-state index >= 15 is 0 Å². The van der Waals surface area contributed by atoms with Crippen LogP contribution in [0.5, 0.6) is 0 Å². The smallest absolute Gasteiger partial charge is 0.188 e. The van der Waals surface area contributed by atoms with Crippen LogP contribution in [0.2, 0.25) is 0 Å². The lowest BCUT2D eigenvalue weighted by atomic mass is 10.1. The van der Waals surface area contributed by atoms with Crippen LogP contribution in [-0.2, 0) is 0 Å². The number of rotatable bonds is 3. The van der Waals surface area contributed by atoms with Gasteiger partial charge >= 0.3 is 0 Å². The molecule has 0 aliphatic rings. The van der Waals surface area contributed by atoms with E-state index in [1.807, 2.05) is 11.4 Å². The zero-order chi connectivity index (χ0) is 13.1. The largest absolute Gasteiger partial charge is 0.289 e. The predicted molar refractivity (Wildman–Crippen MR) is 71.7 cm³/mol. The van der Waals surface area contributed by atoms with Gasteiger partial charge in [-0.2, -0.15) is 0 Å². The Morgan fingerprint density at radius 3 is 2.67 bits per heavy atom. The van der Waals surface area contributed by atoms with Gasteiger partial charge in [-0.3, -0.25) is 4.79 Å². The van der Waals surface area contributed by atoms with Gasteiger partial charge in [-0.05, 0) is 46.3 Å². The van der Waals surface area contributed by atoms with Crippen LogP contribution in [0, 0.1) is 11.6 Å². The van der Waals surface area contributed by atoms with Crippen molar-refractivity contribution in [2.45, 2.75) is 0 Å². The number of hydrogen-bond acceptors (Lipinski definition) is 2. The average molecular weight is 329 g/mol. The third-order valence-corrected chi connectivity index (χ3v) is 3.84. The van der Waals surface area contributed by atoms with Gasteiger partial charge in [0.15, 0.2) is 5.78 Å². The van der Waals surface area contributed by atoms with Crippen LogP contribution in [0.3, 0.4) is 0 Å². The van der Waals surface area contributed by atoms with Crippen molar-refractivity contribution >= 4 is 39.1 Å². The second kappa shape index (κ2) is 5.54. The number of ketones is 1. The maximum atomic E-state index is 13.3. The van der Waals surface area contributed by atoms with Crippen LogP contribution in [0.15, 0.2) is 40.2 Å². The second-order valence-electron chi connectivity index (χ2n) is 3.49. The molecule has 1 aromatic carbocycles. The van der Waals surface area contributed by atoms with E-state index in [1.165, 1.54) is 17.4 Å². The van der Waals surface area contributed by atoms with Gasteiger partial charge in [0.2, 0.25) is 0 Å². The van der Waals surface area contributed by atoms with Gasteiger partial charge in [0, 0.05) is 20.8 Å². The minimum atomic E-state index is -0.850. The summed E-state index contributed by atoms with van der Waals surface area (Å²) in [6.45, 7) is 0. The predicted octanol–water partition coefficient (Wildman–Crippen LogP) is 4.68. The van der Waals surface area contributed by atoms with Crippen molar-refractivity contribution in [2.75, 3.05) is 0 Å². The molecule has 0 aliphatic heterocycles. The molecule has 0 saturated carbocycles. The highest BCUT2D eigenvalue weighted by atomic mass is 79.9. The highest BCUT2D eigenvalue weighted by Gasteiger charge is 2.09. The molecule has 1 heterocycles. The molecule has 0 fully saturated rings. The van der Waals surface area contributed by atoms with Crippen LogP contribution >= 0.6 is 27.3 Å². The van der Waals surface area contributed by atoms with Crippen molar-refractivity contribution in [3.05, 3.63) is 62.3 Å². The van der Waals surface area contributed by atoms with Gasteiger partial charge in [-0.1, -0.05) is 0 Å². The molecule has 0 amide bonds. The molecule has 0 unspecified atom stereocenters. The molecular formula is C13H7BrF2OS. The van der Waals surface area contributed by atoms with Crippen molar-refractivity contribution in [3.8, 4) is 0 Å². The first kappa shape index (κ1) is 13.1. The van der Waals surface area contributed by atoms with Crippen molar-refractivity contribution in [2.24, 2.45) is 0 Å². The van der Waals surface area contributed by atoms with Crippen LogP contribution < -0.4 is 0 Å². The lowest BCUT2D eigenvalue weighted by Crippen LogP contribution is -1.98. The Hall–Kier alpha value is -1.33. The van der Waals surface area contributed by atoms with Gasteiger partial charge in [-0.25, -0.2) is 8.78 Å². The average Bonchev–Trinajstić information content (AvgIpc) is 2.72. The van der Waals surface area contributed by atoms with E-state index < -0.39 is 17.4 Å². The number of thiophene rings is 1. The molecule has 1 aromatic heterocycles. The summed E-state index contributed by atoms with van der Waals surface area (Å²) in [7, 11) is 0. The normalized spacial score (nSPS) is 11.1. The van der Waals surface area contributed by atoms with Crippen molar-refractivity contribution in [3.63, 3.8) is 0 Å². The van der Waals surface area contributed by atoms with E-state index in [0.717, 1.165) is 21.5 Å². The minimum Gasteiger partial charge on any atom is -0.289 e. The summed E-state index contributed by atoms with van der Waals surface area (Å²) in [6.07, 6.45) is 2.87. The van der Waals surface area contributed by atoms with E-state index in [0.29, 0.717) is 6.07 Å². The lowest BCUT2D eigenvalue weighted by Gasteiger charge is -1.97. The number of allylic oxidation sites excluding steroid dienone is 1. The van der Waals surface area contributed by atoms with E-state index in [-0.39, 0.29) is 5.56 Å². The molecule has 2 aromatic rings. The molecule has 18 heavy (non-hydrogen) atoms. The Morgan fingerprint density at radius 1 is 1.28 bits per heavy atom. The van der Waals surface area contributed by atoms with Gasteiger partial charge in [-0.15, -0.1) is 11.3 Å². The number of carbonyl (C=O) groups excluding carboxylic acids is 1. The molecule has 0 radical (unpaired) electrons. The van der Waals surface area contributed by atoms with Gasteiger partial charge in [0.1, 0.15) is 11.6 Å². The first-order valence-corrected chi connectivity index (χ1v) is 6.65. The zero-order valence-corrected chi connectivity index (χ0v) is 11.4. The van der Waals surface area contributed by atoms with Crippen LogP contribution in [0.25, 0.3) is 6.08 Å². The van der Waals surface area contributed by atoms with Gasteiger partial charge in [0.25, 0.3) is 0 Å². The van der Waals surface area contributed by atoms with E-state index in [4.69, 9.17) is 0 Å². The molecule has 0 saturated heterocycles. The monoisotopic (exact) mass is 328 g/mol. The Labute approximate surface area is 115 Å². The molecule has 0 spiro atoms. The Kier molecular flexibility index (Phi) is 4.04. The summed E-state index contributed by atoms with van der Waals surface area (Å²) >= 11 is 4.75. The van der Waals surface area contributed by atoms with Crippen LogP contribution in [0.4, 0.5) is 8.78 Å². The maximum Gasteiger partial charge on any atom is 0.188 e. The molecule has 0 bridgehead atoms. The summed E-state index contributed by atoms with van der Waals surface area (Å²) in [6, 6.07) is 4.74. The minimum absolute atomic E-state index is 0.136. The van der Waals surface area contributed by atoms with Crippen molar-refractivity contribution < 1.29 is 13.6 Å². The Morgan fingerprint density at radius 2 is 2.06 bits per heavy atom. The van der Waals surface area contributed by atoms with Crippen molar-refractivity contribution in [1.29, 1.82) is 0 Å². The lowest BCUT2D eigenvalue weighted by molar-refractivity contribution is 0.104.